The monoisotopic (exact) mass is 1230 g/mol. The molecule has 0 nitrogen and oxygen atoms in total. The van der Waals surface area contributed by atoms with Crippen LogP contribution < -0.4 is 0 Å². The summed E-state index contributed by atoms with van der Waals surface area (Å²) < 4.78 is 0. The molecule has 0 saturated heterocycles. The lowest BCUT2D eigenvalue weighted by molar-refractivity contribution is 0.505. The van der Waals surface area contributed by atoms with Crippen molar-refractivity contribution < 1.29 is 0 Å². The maximum atomic E-state index is 2.32. The van der Waals surface area contributed by atoms with Gasteiger partial charge in [-0.15, -0.1) is 0 Å². The molecule has 1 rings (SSSR count). The fraction of sp³-hybridized carbons (Fsp3) is 0.932. The van der Waals surface area contributed by atoms with E-state index in [0.717, 1.165) is 0 Å². The minimum absolute atomic E-state index is 1.26. The Balaban J connectivity index is 1.58. The van der Waals surface area contributed by atoms with Crippen LogP contribution in [0.5, 0.6) is 0 Å². The van der Waals surface area contributed by atoms with E-state index in [4.69, 9.17) is 0 Å². The fourth-order valence-electron chi connectivity index (χ4n) is 14.8. The minimum Gasteiger partial charge on any atom is -0.0654 e. The van der Waals surface area contributed by atoms with Gasteiger partial charge in [0, 0.05) is 0 Å². The van der Waals surface area contributed by atoms with Crippen LogP contribution in [0.4, 0.5) is 0 Å². The van der Waals surface area contributed by atoms with Crippen LogP contribution in [-0.2, 0) is 6.42 Å². The van der Waals surface area contributed by atoms with Gasteiger partial charge in [-0.05, 0) is 18.4 Å². The van der Waals surface area contributed by atoms with E-state index < -0.39 is 0 Å². The summed E-state index contributed by atoms with van der Waals surface area (Å²) in [5.41, 5.74) is 1.51. The third-order valence-corrected chi connectivity index (χ3v) is 21.2. The van der Waals surface area contributed by atoms with Gasteiger partial charge in [-0.2, -0.15) is 0 Å². The fourth-order valence-corrected chi connectivity index (χ4v) is 14.8. The molecule has 0 heterocycles. The Bertz CT molecular complexity index is 1300. The SMILES string of the molecule is CCCCCCCCCCCCCCCCCCCCCCCCCCCCCCCCCCCCCCCCCCCCCCCCCCCCCCCCCCCCCCCCCCCCCCCCCCCCCCCCCCc1ccccc1. The van der Waals surface area contributed by atoms with Crippen molar-refractivity contribution in [1.82, 2.24) is 0 Å². The molecule has 0 radical (unpaired) electrons. The van der Waals surface area contributed by atoms with Gasteiger partial charge in [0.1, 0.15) is 0 Å². The first-order chi connectivity index (χ1) is 43.9. The van der Waals surface area contributed by atoms with Crippen LogP contribution in [0.25, 0.3) is 0 Å². The second-order valence-electron chi connectivity index (χ2n) is 30.2. The zero-order chi connectivity index (χ0) is 62.4. The summed E-state index contributed by atoms with van der Waals surface area (Å²) in [5, 5.41) is 0. The standard InChI is InChI=1S/C88H170/c1-2-3-4-5-6-7-8-9-10-11-12-13-14-15-16-17-18-19-20-21-22-23-24-25-26-27-28-29-30-31-32-33-34-35-36-37-38-39-40-41-42-43-44-45-46-47-48-49-50-51-52-53-54-55-56-57-58-59-60-61-62-63-64-65-66-67-68-69-70-71-72-73-74-75-76-77-78-79-80-82-85-88-86-83-81-84-87-88/h81,83-84,86-87H,2-80,82,85H2,1H3. The number of aryl methyl sites for hydroxylation is 1. The lowest BCUT2D eigenvalue weighted by Gasteiger charge is -2.05. The minimum atomic E-state index is 1.26. The third kappa shape index (κ3) is 75.9. The second kappa shape index (κ2) is 80.5. The third-order valence-electron chi connectivity index (χ3n) is 21.2. The zero-order valence-electron chi connectivity index (χ0n) is 61.7. The average molecular weight is 1230 g/mol. The molecule has 1 aromatic carbocycles. The molecule has 0 amide bonds. The van der Waals surface area contributed by atoms with Gasteiger partial charge in [-0.25, -0.2) is 0 Å². The van der Waals surface area contributed by atoms with E-state index in [1.165, 1.54) is 526 Å². The highest BCUT2D eigenvalue weighted by Gasteiger charge is 2.03. The molecule has 0 unspecified atom stereocenters. The molecule has 0 N–H and O–H groups in total. The molecule has 0 fully saturated rings. The van der Waals surface area contributed by atoms with E-state index >= 15 is 0 Å². The lowest BCUT2D eigenvalue weighted by atomic mass is 10.0. The summed E-state index contributed by atoms with van der Waals surface area (Å²) in [4.78, 5) is 0. The van der Waals surface area contributed by atoms with Crippen LogP contribution in [0.2, 0.25) is 0 Å². The number of hydrogen-bond acceptors (Lipinski definition) is 0. The molecular formula is C88H170. The van der Waals surface area contributed by atoms with Crippen LogP contribution in [0.1, 0.15) is 526 Å². The maximum absolute atomic E-state index is 2.32. The second-order valence-corrected chi connectivity index (χ2v) is 30.2. The van der Waals surface area contributed by atoms with Crippen LogP contribution in [0.15, 0.2) is 30.3 Å². The Morgan fingerprint density at radius 1 is 0.125 bits per heavy atom. The molecule has 0 aromatic heterocycles. The molecule has 0 spiro atoms. The van der Waals surface area contributed by atoms with Crippen molar-refractivity contribution in [2.45, 2.75) is 527 Å². The molecule has 0 aliphatic rings. The van der Waals surface area contributed by atoms with Gasteiger partial charge < -0.3 is 0 Å². The van der Waals surface area contributed by atoms with Crippen molar-refractivity contribution in [2.24, 2.45) is 0 Å². The first-order valence-corrected chi connectivity index (χ1v) is 43.0. The van der Waals surface area contributed by atoms with E-state index in [2.05, 4.69) is 37.3 Å². The molecule has 0 saturated carbocycles. The van der Waals surface area contributed by atoms with Crippen molar-refractivity contribution in [1.29, 1.82) is 0 Å². The first kappa shape index (κ1) is 85.2. The van der Waals surface area contributed by atoms with Gasteiger partial charge >= 0.3 is 0 Å². The van der Waals surface area contributed by atoms with E-state index in [9.17, 15) is 0 Å². The van der Waals surface area contributed by atoms with Gasteiger partial charge in [-0.3, -0.25) is 0 Å². The van der Waals surface area contributed by atoms with Gasteiger partial charge in [0.25, 0.3) is 0 Å². The molecule has 0 aliphatic carbocycles. The molecule has 0 bridgehead atoms. The Hall–Kier alpha value is -0.780. The largest absolute Gasteiger partial charge is 0.0654 e. The highest BCUT2D eigenvalue weighted by atomic mass is 14.1. The van der Waals surface area contributed by atoms with E-state index in [1.54, 1.807) is 0 Å². The van der Waals surface area contributed by atoms with Gasteiger partial charge in [0.15, 0.2) is 0 Å². The van der Waals surface area contributed by atoms with Gasteiger partial charge in [-0.1, -0.05) is 545 Å². The van der Waals surface area contributed by atoms with Crippen LogP contribution in [-0.4, -0.2) is 0 Å². The predicted octanol–water partition coefficient (Wildman–Crippen LogP) is 33.5. The molecule has 88 heavy (non-hydrogen) atoms. The van der Waals surface area contributed by atoms with Crippen LogP contribution in [0.3, 0.4) is 0 Å². The molecule has 522 valence electrons. The number of benzene rings is 1. The summed E-state index contributed by atoms with van der Waals surface area (Å²) in [7, 11) is 0. The van der Waals surface area contributed by atoms with Crippen molar-refractivity contribution >= 4 is 0 Å². The van der Waals surface area contributed by atoms with Crippen molar-refractivity contribution in [3.63, 3.8) is 0 Å². The van der Waals surface area contributed by atoms with E-state index in [1.807, 2.05) is 0 Å². The summed E-state index contributed by atoms with van der Waals surface area (Å²) in [6.45, 7) is 2.32. The molecule has 0 heteroatoms. The zero-order valence-corrected chi connectivity index (χ0v) is 61.7. The number of unbranched alkanes of at least 4 members (excludes halogenated alkanes) is 79. The molecule has 0 aliphatic heterocycles. The topological polar surface area (TPSA) is 0 Å². The van der Waals surface area contributed by atoms with E-state index in [-0.39, 0.29) is 0 Å². The predicted molar refractivity (Wildman–Crippen MR) is 405 cm³/mol. The highest BCUT2D eigenvalue weighted by Crippen LogP contribution is 2.22. The van der Waals surface area contributed by atoms with Crippen molar-refractivity contribution in [3.05, 3.63) is 35.9 Å². The highest BCUT2D eigenvalue weighted by molar-refractivity contribution is 5.14. The quantitative estimate of drug-likeness (QED) is 0.0570. The summed E-state index contributed by atoms with van der Waals surface area (Å²) in [5.74, 6) is 0. The van der Waals surface area contributed by atoms with Crippen molar-refractivity contribution in [2.75, 3.05) is 0 Å². The van der Waals surface area contributed by atoms with Crippen molar-refractivity contribution in [3.8, 4) is 0 Å². The maximum Gasteiger partial charge on any atom is -0.0279 e. The molecule has 0 atom stereocenters. The van der Waals surface area contributed by atoms with Crippen LogP contribution in [0, 0.1) is 0 Å². The Labute approximate surface area is 559 Å². The van der Waals surface area contributed by atoms with E-state index in [0.29, 0.717) is 0 Å². The average Bonchev–Trinajstić information content (AvgIpc) is 3.54. The number of hydrogen-bond donors (Lipinski definition) is 0. The van der Waals surface area contributed by atoms with Gasteiger partial charge in [0.2, 0.25) is 0 Å². The normalized spacial score (nSPS) is 11.7. The molecular weight excluding hydrogens is 1060 g/mol. The Kier molecular flexibility index (Phi) is 77.9. The Morgan fingerprint density at radius 2 is 0.227 bits per heavy atom. The smallest absolute Gasteiger partial charge is 0.0279 e. The summed E-state index contributed by atoms with van der Waals surface area (Å²) in [6, 6.07) is 11.0. The lowest BCUT2D eigenvalue weighted by Crippen LogP contribution is -1.86. The van der Waals surface area contributed by atoms with Crippen LogP contribution >= 0.6 is 0 Å². The Morgan fingerprint density at radius 3 is 0.341 bits per heavy atom. The number of rotatable bonds is 81. The summed E-state index contributed by atoms with van der Waals surface area (Å²) >= 11 is 0. The summed E-state index contributed by atoms with van der Waals surface area (Å²) in [6.07, 6.45) is 120. The first-order valence-electron chi connectivity index (χ1n) is 43.0. The van der Waals surface area contributed by atoms with Gasteiger partial charge in [0.05, 0.1) is 0 Å². The molecule has 1 aromatic rings.